The largest absolute Gasteiger partial charge is 0.493 e. The van der Waals surface area contributed by atoms with Crippen LogP contribution in [0, 0.1) is 5.92 Å². The van der Waals surface area contributed by atoms with E-state index in [1.165, 1.54) is 5.56 Å². The van der Waals surface area contributed by atoms with Gasteiger partial charge in [0, 0.05) is 25.0 Å². The van der Waals surface area contributed by atoms with Crippen LogP contribution in [0.2, 0.25) is 0 Å². The molecule has 142 valence electrons. The molecule has 1 aromatic carbocycles. The number of nitrogens with zero attached hydrogens (tertiary/aromatic N) is 2. The van der Waals surface area contributed by atoms with Gasteiger partial charge in [-0.15, -0.1) is 0 Å². The summed E-state index contributed by atoms with van der Waals surface area (Å²) in [5, 5.41) is 0. The van der Waals surface area contributed by atoms with Crippen molar-refractivity contribution in [2.24, 2.45) is 5.92 Å². The van der Waals surface area contributed by atoms with E-state index in [0.717, 1.165) is 56.9 Å². The molecule has 4 rings (SSSR count). The third kappa shape index (κ3) is 3.53. The number of morpholine rings is 1. The first-order valence-corrected chi connectivity index (χ1v) is 9.65. The van der Waals surface area contributed by atoms with Crippen molar-refractivity contribution in [3.8, 4) is 11.5 Å². The number of para-hydroxylation sites is 1. The molecule has 0 aromatic heterocycles. The maximum absolute atomic E-state index is 12.7. The number of hydrogen-bond acceptors (Lipinski definition) is 5. The molecule has 1 aromatic rings. The summed E-state index contributed by atoms with van der Waals surface area (Å²) in [5.41, 5.74) is 1.21. The quantitative estimate of drug-likeness (QED) is 0.819. The number of fused-ring (bicyclic) bond motifs is 1. The average Bonchev–Trinajstić information content (AvgIpc) is 2.73. The van der Waals surface area contributed by atoms with Crippen molar-refractivity contribution < 1.29 is 19.0 Å². The Morgan fingerprint density at radius 3 is 2.65 bits per heavy atom. The van der Waals surface area contributed by atoms with E-state index in [4.69, 9.17) is 14.2 Å². The number of benzene rings is 1. The predicted molar refractivity (Wildman–Crippen MR) is 97.7 cm³/mol. The summed E-state index contributed by atoms with van der Waals surface area (Å²) >= 11 is 0. The zero-order valence-electron chi connectivity index (χ0n) is 15.5. The summed E-state index contributed by atoms with van der Waals surface area (Å²) in [5.74, 6) is 2.20. The summed E-state index contributed by atoms with van der Waals surface area (Å²) in [7, 11) is 1.68. The number of likely N-dealkylation sites (tertiary alicyclic amines) is 1. The highest BCUT2D eigenvalue weighted by Crippen LogP contribution is 2.36. The number of methoxy groups -OCH3 is 1. The van der Waals surface area contributed by atoms with Gasteiger partial charge in [-0.3, -0.25) is 9.69 Å². The number of rotatable bonds is 3. The molecule has 1 amide bonds. The van der Waals surface area contributed by atoms with Gasteiger partial charge in [-0.05, 0) is 44.0 Å². The number of carbonyl (C=O) groups is 1. The second-order valence-electron chi connectivity index (χ2n) is 7.37. The Labute approximate surface area is 155 Å². The van der Waals surface area contributed by atoms with Gasteiger partial charge in [-0.2, -0.15) is 0 Å². The molecule has 0 aliphatic carbocycles. The monoisotopic (exact) mass is 360 g/mol. The minimum atomic E-state index is 0.168. The van der Waals surface area contributed by atoms with Crippen molar-refractivity contribution in [2.75, 3.05) is 53.1 Å². The third-order valence-electron chi connectivity index (χ3n) is 5.87. The van der Waals surface area contributed by atoms with Gasteiger partial charge in [-0.1, -0.05) is 12.1 Å². The van der Waals surface area contributed by atoms with Crippen molar-refractivity contribution in [3.05, 3.63) is 23.8 Å². The van der Waals surface area contributed by atoms with Gasteiger partial charge in [0.05, 0.1) is 20.3 Å². The zero-order chi connectivity index (χ0) is 17.9. The second kappa shape index (κ2) is 7.84. The number of amides is 1. The standard InChI is InChI=1S/C20H28N2O4/c1-24-18-4-2-3-16-13-17(14-26-19(16)18)21-7-5-15(6-8-21)20(23)22-9-11-25-12-10-22/h2-4,15,17H,5-14H2,1H3. The lowest BCUT2D eigenvalue weighted by Gasteiger charge is -2.40. The Balaban J connectivity index is 1.33. The van der Waals surface area contributed by atoms with Gasteiger partial charge in [0.2, 0.25) is 5.91 Å². The number of ether oxygens (including phenoxy) is 3. The second-order valence-corrected chi connectivity index (χ2v) is 7.37. The lowest BCUT2D eigenvalue weighted by Crippen LogP contribution is -2.50. The molecule has 3 aliphatic heterocycles. The van der Waals surface area contributed by atoms with Gasteiger partial charge < -0.3 is 19.1 Å². The fourth-order valence-electron chi connectivity index (χ4n) is 4.33. The molecule has 0 radical (unpaired) electrons. The van der Waals surface area contributed by atoms with Gasteiger partial charge in [0.1, 0.15) is 6.61 Å². The topological polar surface area (TPSA) is 51.2 Å². The Hall–Kier alpha value is -1.79. The lowest BCUT2D eigenvalue weighted by molar-refractivity contribution is -0.141. The Morgan fingerprint density at radius 1 is 1.15 bits per heavy atom. The fraction of sp³-hybridized carbons (Fsp3) is 0.650. The molecule has 0 spiro atoms. The predicted octanol–water partition coefficient (Wildman–Crippen LogP) is 1.57. The molecular formula is C20H28N2O4. The highest BCUT2D eigenvalue weighted by molar-refractivity contribution is 5.79. The first kappa shape index (κ1) is 17.6. The third-order valence-corrected chi connectivity index (χ3v) is 5.87. The van der Waals surface area contributed by atoms with E-state index in [2.05, 4.69) is 11.0 Å². The van der Waals surface area contributed by atoms with Crippen molar-refractivity contribution in [3.63, 3.8) is 0 Å². The Morgan fingerprint density at radius 2 is 1.92 bits per heavy atom. The minimum absolute atomic E-state index is 0.168. The van der Waals surface area contributed by atoms with Crippen molar-refractivity contribution in [2.45, 2.75) is 25.3 Å². The van der Waals surface area contributed by atoms with Crippen LogP contribution < -0.4 is 9.47 Å². The summed E-state index contributed by atoms with van der Waals surface area (Å²) in [6.45, 7) is 5.46. The molecular weight excluding hydrogens is 332 g/mol. The van der Waals surface area contributed by atoms with Gasteiger partial charge in [0.25, 0.3) is 0 Å². The molecule has 2 fully saturated rings. The highest BCUT2D eigenvalue weighted by atomic mass is 16.5. The molecule has 0 saturated carbocycles. The van der Waals surface area contributed by atoms with Crippen LogP contribution in [-0.2, 0) is 16.0 Å². The zero-order valence-corrected chi connectivity index (χ0v) is 15.5. The van der Waals surface area contributed by atoms with Crippen molar-refractivity contribution >= 4 is 5.91 Å². The Bertz CT molecular complexity index is 637. The normalized spacial score (nSPS) is 24.7. The molecule has 26 heavy (non-hydrogen) atoms. The van der Waals surface area contributed by atoms with Crippen LogP contribution in [0.5, 0.6) is 11.5 Å². The summed E-state index contributed by atoms with van der Waals surface area (Å²) < 4.78 is 16.8. The van der Waals surface area contributed by atoms with Gasteiger partial charge in [0.15, 0.2) is 11.5 Å². The van der Waals surface area contributed by atoms with E-state index in [1.54, 1.807) is 7.11 Å². The van der Waals surface area contributed by atoms with Crippen LogP contribution in [0.3, 0.4) is 0 Å². The van der Waals surface area contributed by atoms with Crippen LogP contribution in [0.15, 0.2) is 18.2 Å². The molecule has 2 saturated heterocycles. The molecule has 6 heteroatoms. The van der Waals surface area contributed by atoms with Crippen molar-refractivity contribution in [1.29, 1.82) is 0 Å². The number of piperidine rings is 1. The SMILES string of the molecule is COc1cccc2c1OCC(N1CCC(C(=O)N3CCOCC3)CC1)C2. The first-order valence-electron chi connectivity index (χ1n) is 9.65. The summed E-state index contributed by atoms with van der Waals surface area (Å²) in [6.07, 6.45) is 2.87. The number of hydrogen-bond donors (Lipinski definition) is 0. The van der Waals surface area contributed by atoms with Gasteiger partial charge in [-0.25, -0.2) is 0 Å². The van der Waals surface area contributed by atoms with E-state index in [-0.39, 0.29) is 5.92 Å². The van der Waals surface area contributed by atoms with E-state index in [9.17, 15) is 4.79 Å². The number of carbonyl (C=O) groups excluding carboxylic acids is 1. The molecule has 0 bridgehead atoms. The van der Waals surface area contributed by atoms with Gasteiger partial charge >= 0.3 is 0 Å². The first-order chi connectivity index (χ1) is 12.8. The molecule has 3 aliphatic rings. The molecule has 1 unspecified atom stereocenters. The maximum Gasteiger partial charge on any atom is 0.225 e. The van der Waals surface area contributed by atoms with E-state index >= 15 is 0 Å². The van der Waals surface area contributed by atoms with Crippen LogP contribution in [-0.4, -0.2) is 74.9 Å². The molecule has 1 atom stereocenters. The van der Waals surface area contributed by atoms with E-state index in [0.29, 0.717) is 31.8 Å². The molecule has 3 heterocycles. The Kier molecular flexibility index (Phi) is 5.31. The maximum atomic E-state index is 12.7. The van der Waals surface area contributed by atoms with Crippen molar-refractivity contribution in [1.82, 2.24) is 9.80 Å². The summed E-state index contributed by atoms with van der Waals surface area (Å²) in [4.78, 5) is 17.2. The van der Waals surface area contributed by atoms with Crippen LogP contribution in [0.1, 0.15) is 18.4 Å². The van der Waals surface area contributed by atoms with E-state index < -0.39 is 0 Å². The lowest BCUT2D eigenvalue weighted by atomic mass is 9.92. The summed E-state index contributed by atoms with van der Waals surface area (Å²) in [6, 6.07) is 6.48. The van der Waals surface area contributed by atoms with E-state index in [1.807, 2.05) is 17.0 Å². The van der Waals surface area contributed by atoms with Crippen LogP contribution in [0.4, 0.5) is 0 Å². The van der Waals surface area contributed by atoms with Crippen LogP contribution in [0.25, 0.3) is 0 Å². The molecule has 0 N–H and O–H groups in total. The minimum Gasteiger partial charge on any atom is -0.493 e. The smallest absolute Gasteiger partial charge is 0.225 e. The highest BCUT2D eigenvalue weighted by Gasteiger charge is 2.33. The fourth-order valence-corrected chi connectivity index (χ4v) is 4.33. The van der Waals surface area contributed by atoms with Crippen LogP contribution >= 0.6 is 0 Å². The average molecular weight is 360 g/mol. The molecule has 6 nitrogen and oxygen atoms in total.